The minimum Gasteiger partial charge on any atom is -0.465 e. The van der Waals surface area contributed by atoms with E-state index in [2.05, 4.69) is 14.5 Å². The van der Waals surface area contributed by atoms with Crippen LogP contribution in [0.2, 0.25) is 0 Å². The number of rotatable bonds is 4. The highest BCUT2D eigenvalue weighted by molar-refractivity contribution is 6.18. The van der Waals surface area contributed by atoms with Gasteiger partial charge in [0.2, 0.25) is 0 Å². The van der Waals surface area contributed by atoms with Crippen LogP contribution in [0.5, 0.6) is 5.75 Å². The van der Waals surface area contributed by atoms with Gasteiger partial charge in [0.05, 0.1) is 18.6 Å². The smallest absolute Gasteiger partial charge is 0.465 e. The molecule has 1 aromatic rings. The Hall–Kier alpha value is -1.64. The molecule has 0 spiro atoms. The summed E-state index contributed by atoms with van der Waals surface area (Å²) in [5, 5.41) is 0. The van der Waals surface area contributed by atoms with E-state index < -0.39 is 47.2 Å². The maximum Gasteiger partial charge on any atom is 0.573 e. The number of hydrogen-bond acceptors (Lipinski definition) is 4. The van der Waals surface area contributed by atoms with Gasteiger partial charge in [0.25, 0.3) is 6.43 Å². The van der Waals surface area contributed by atoms with Crippen molar-refractivity contribution < 1.29 is 36.2 Å². The third-order valence-electron chi connectivity index (χ3n) is 2.13. The lowest BCUT2D eigenvalue weighted by Crippen LogP contribution is -2.21. The molecule has 0 aromatic carbocycles. The lowest BCUT2D eigenvalue weighted by atomic mass is 10.1. The van der Waals surface area contributed by atoms with Crippen molar-refractivity contribution in [3.8, 4) is 5.75 Å². The Morgan fingerprint density at radius 2 is 2.05 bits per heavy atom. The van der Waals surface area contributed by atoms with Gasteiger partial charge in [-0.1, -0.05) is 0 Å². The molecule has 1 heterocycles. The zero-order valence-electron chi connectivity index (χ0n) is 9.80. The average molecular weight is 320 g/mol. The molecule has 0 saturated carbocycles. The standard InChI is InChI=1S/C10H7ClF5NO3/c1-19-9(18)5-3-17-6(8(12)13)7(4(5)2-11)20-10(14,15)16/h3,8H,2H2,1H3. The van der Waals surface area contributed by atoms with Gasteiger partial charge in [-0.15, -0.1) is 24.8 Å². The fourth-order valence-corrected chi connectivity index (χ4v) is 1.62. The number of ether oxygens (including phenoxy) is 2. The van der Waals surface area contributed by atoms with E-state index in [1.54, 1.807) is 0 Å². The molecule has 112 valence electrons. The van der Waals surface area contributed by atoms with Gasteiger partial charge >= 0.3 is 12.3 Å². The Morgan fingerprint density at radius 3 is 2.45 bits per heavy atom. The third kappa shape index (κ3) is 3.69. The molecule has 10 heteroatoms. The van der Waals surface area contributed by atoms with Crippen molar-refractivity contribution in [3.05, 3.63) is 23.0 Å². The van der Waals surface area contributed by atoms with Crippen molar-refractivity contribution in [1.82, 2.24) is 4.98 Å². The summed E-state index contributed by atoms with van der Waals surface area (Å²) < 4.78 is 69.9. The molecule has 20 heavy (non-hydrogen) atoms. The molecule has 1 aromatic heterocycles. The number of halogens is 6. The predicted molar refractivity (Wildman–Crippen MR) is 56.8 cm³/mol. The van der Waals surface area contributed by atoms with Gasteiger partial charge in [-0.2, -0.15) is 0 Å². The summed E-state index contributed by atoms with van der Waals surface area (Å²) in [6.07, 6.45) is -7.91. The maximum atomic E-state index is 12.7. The number of carbonyl (C=O) groups excluding carboxylic acids is 1. The summed E-state index contributed by atoms with van der Waals surface area (Å²) in [5.74, 6) is -3.02. The highest BCUT2D eigenvalue weighted by Gasteiger charge is 2.36. The van der Waals surface area contributed by atoms with Gasteiger partial charge in [0.15, 0.2) is 5.75 Å². The number of methoxy groups -OCH3 is 1. The van der Waals surface area contributed by atoms with E-state index in [9.17, 15) is 26.7 Å². The van der Waals surface area contributed by atoms with Gasteiger partial charge in [-0.25, -0.2) is 13.6 Å². The lowest BCUT2D eigenvalue weighted by Gasteiger charge is -2.17. The van der Waals surface area contributed by atoms with Gasteiger partial charge in [-0.3, -0.25) is 4.98 Å². The van der Waals surface area contributed by atoms with Crippen molar-refractivity contribution in [1.29, 1.82) is 0 Å². The summed E-state index contributed by atoms with van der Waals surface area (Å²) in [6, 6.07) is 0. The quantitative estimate of drug-likeness (QED) is 0.484. The molecule has 0 radical (unpaired) electrons. The zero-order valence-corrected chi connectivity index (χ0v) is 10.6. The van der Waals surface area contributed by atoms with Crippen molar-refractivity contribution >= 4 is 17.6 Å². The second kappa shape index (κ2) is 6.21. The largest absolute Gasteiger partial charge is 0.573 e. The molecular weight excluding hydrogens is 313 g/mol. The molecule has 0 N–H and O–H groups in total. The topological polar surface area (TPSA) is 48.4 Å². The molecule has 0 fully saturated rings. The molecule has 0 saturated heterocycles. The first-order chi connectivity index (χ1) is 9.21. The lowest BCUT2D eigenvalue weighted by molar-refractivity contribution is -0.275. The molecule has 0 aliphatic rings. The summed E-state index contributed by atoms with van der Waals surface area (Å²) >= 11 is 5.42. The van der Waals surface area contributed by atoms with Crippen LogP contribution in [-0.4, -0.2) is 24.4 Å². The molecule has 0 aliphatic carbocycles. The first kappa shape index (κ1) is 16.4. The Morgan fingerprint density at radius 1 is 1.45 bits per heavy atom. The molecule has 0 amide bonds. The summed E-state index contributed by atoms with van der Waals surface area (Å²) in [7, 11) is 0.964. The summed E-state index contributed by atoms with van der Waals surface area (Å²) in [5.41, 5.74) is -2.31. The van der Waals surface area contributed by atoms with Crippen LogP contribution < -0.4 is 4.74 Å². The van der Waals surface area contributed by atoms with Crippen molar-refractivity contribution in [2.45, 2.75) is 18.7 Å². The second-order valence-corrected chi connectivity index (χ2v) is 3.61. The fourth-order valence-electron chi connectivity index (χ4n) is 1.35. The Labute approximate surface area is 114 Å². The molecule has 1 rings (SSSR count). The van der Waals surface area contributed by atoms with Crippen LogP contribution in [0, 0.1) is 0 Å². The molecule has 4 nitrogen and oxygen atoms in total. The minimum absolute atomic E-state index is 0.480. The number of pyridine rings is 1. The van der Waals surface area contributed by atoms with Gasteiger partial charge < -0.3 is 9.47 Å². The SMILES string of the molecule is COC(=O)c1cnc(C(F)F)c(OC(F)(F)F)c1CCl. The van der Waals surface area contributed by atoms with E-state index >= 15 is 0 Å². The predicted octanol–water partition coefficient (Wildman–Crippen LogP) is 3.44. The number of aromatic nitrogens is 1. The van der Waals surface area contributed by atoms with E-state index in [-0.39, 0.29) is 0 Å². The zero-order chi connectivity index (χ0) is 15.5. The first-order valence-electron chi connectivity index (χ1n) is 4.91. The number of carbonyl (C=O) groups is 1. The Kier molecular flexibility index (Phi) is 5.09. The molecular formula is C10H7ClF5NO3. The monoisotopic (exact) mass is 319 g/mol. The van der Waals surface area contributed by atoms with Gasteiger partial charge in [-0.05, 0) is 0 Å². The van der Waals surface area contributed by atoms with Crippen LogP contribution in [0.3, 0.4) is 0 Å². The number of nitrogens with zero attached hydrogens (tertiary/aromatic N) is 1. The highest BCUT2D eigenvalue weighted by Crippen LogP contribution is 2.37. The molecule has 0 unspecified atom stereocenters. The van der Waals surface area contributed by atoms with E-state index in [0.717, 1.165) is 7.11 Å². The van der Waals surface area contributed by atoms with E-state index in [4.69, 9.17) is 11.6 Å². The Bertz CT molecular complexity index is 506. The van der Waals surface area contributed by atoms with Crippen LogP contribution in [-0.2, 0) is 10.6 Å². The van der Waals surface area contributed by atoms with Crippen LogP contribution >= 0.6 is 11.6 Å². The van der Waals surface area contributed by atoms with Crippen LogP contribution in [0.1, 0.15) is 28.0 Å². The van der Waals surface area contributed by atoms with E-state index in [1.165, 1.54) is 0 Å². The summed E-state index contributed by atoms with van der Waals surface area (Å²) in [6.45, 7) is 0. The van der Waals surface area contributed by atoms with Gasteiger partial charge in [0, 0.05) is 11.8 Å². The number of esters is 1. The van der Waals surface area contributed by atoms with Crippen LogP contribution in [0.15, 0.2) is 6.20 Å². The maximum absolute atomic E-state index is 12.7. The number of hydrogen-bond donors (Lipinski definition) is 0. The minimum atomic E-state index is -5.24. The normalized spacial score (nSPS) is 11.6. The van der Waals surface area contributed by atoms with Gasteiger partial charge in [0.1, 0.15) is 5.69 Å². The van der Waals surface area contributed by atoms with E-state index in [1.807, 2.05) is 0 Å². The third-order valence-corrected chi connectivity index (χ3v) is 2.40. The number of alkyl halides is 6. The summed E-state index contributed by atoms with van der Waals surface area (Å²) in [4.78, 5) is 14.5. The van der Waals surface area contributed by atoms with E-state index in [0.29, 0.717) is 6.20 Å². The van der Waals surface area contributed by atoms with Crippen molar-refractivity contribution in [2.75, 3.05) is 7.11 Å². The first-order valence-corrected chi connectivity index (χ1v) is 5.44. The molecule has 0 aliphatic heterocycles. The Balaban J connectivity index is 3.50. The average Bonchev–Trinajstić information content (AvgIpc) is 2.34. The fraction of sp³-hybridized carbons (Fsp3) is 0.400. The van der Waals surface area contributed by atoms with Crippen LogP contribution in [0.25, 0.3) is 0 Å². The highest BCUT2D eigenvalue weighted by atomic mass is 35.5. The van der Waals surface area contributed by atoms with Crippen molar-refractivity contribution in [2.24, 2.45) is 0 Å². The van der Waals surface area contributed by atoms with Crippen LogP contribution in [0.4, 0.5) is 22.0 Å². The molecule has 0 bridgehead atoms. The molecule has 0 atom stereocenters. The van der Waals surface area contributed by atoms with Crippen molar-refractivity contribution in [3.63, 3.8) is 0 Å². The second-order valence-electron chi connectivity index (χ2n) is 3.34.